The second-order valence-corrected chi connectivity index (χ2v) is 7.45. The summed E-state index contributed by atoms with van der Waals surface area (Å²) < 4.78 is 13.3. The van der Waals surface area contributed by atoms with E-state index in [0.717, 1.165) is 17.7 Å². The lowest BCUT2D eigenvalue weighted by Crippen LogP contribution is -2.30. The highest BCUT2D eigenvalue weighted by atomic mass is 19.1. The summed E-state index contributed by atoms with van der Waals surface area (Å²) in [5, 5.41) is 14.5. The van der Waals surface area contributed by atoms with E-state index in [4.69, 9.17) is 0 Å². The lowest BCUT2D eigenvalue weighted by atomic mass is 9.81. The van der Waals surface area contributed by atoms with Gasteiger partial charge >= 0.3 is 0 Å². The number of hydrogen-bond donors (Lipinski definition) is 1. The monoisotopic (exact) mass is 397 g/mol. The number of imide groups is 1. The molecule has 1 saturated heterocycles. The Morgan fingerprint density at radius 1 is 1.07 bits per heavy atom. The zero-order valence-electron chi connectivity index (χ0n) is 15.6. The molecule has 2 atom stereocenters. The van der Waals surface area contributed by atoms with Crippen molar-refractivity contribution in [1.82, 2.24) is 0 Å². The van der Waals surface area contributed by atoms with Crippen LogP contribution in [0.4, 0.5) is 21.5 Å². The van der Waals surface area contributed by atoms with Gasteiger partial charge in [-0.1, -0.05) is 25.0 Å². The van der Waals surface area contributed by atoms with Crippen molar-refractivity contribution in [3.63, 3.8) is 0 Å². The second-order valence-electron chi connectivity index (χ2n) is 7.45. The van der Waals surface area contributed by atoms with E-state index in [1.807, 2.05) is 0 Å². The average molecular weight is 397 g/mol. The van der Waals surface area contributed by atoms with Gasteiger partial charge in [-0.15, -0.1) is 0 Å². The molecule has 4 rings (SSSR count). The van der Waals surface area contributed by atoms with E-state index in [0.29, 0.717) is 18.4 Å². The number of nitro benzene ring substituents is 1. The number of nitrogens with zero attached hydrogens (tertiary/aromatic N) is 2. The van der Waals surface area contributed by atoms with Crippen molar-refractivity contribution in [2.45, 2.75) is 32.2 Å². The highest BCUT2D eigenvalue weighted by Gasteiger charge is 2.49. The van der Waals surface area contributed by atoms with Crippen molar-refractivity contribution in [3.05, 3.63) is 64.0 Å². The van der Waals surface area contributed by atoms with E-state index in [1.165, 1.54) is 30.3 Å². The molecule has 8 heteroatoms. The van der Waals surface area contributed by atoms with E-state index < -0.39 is 4.92 Å². The molecule has 1 aliphatic carbocycles. The van der Waals surface area contributed by atoms with E-state index in [-0.39, 0.29) is 53.1 Å². The van der Waals surface area contributed by atoms with Gasteiger partial charge in [0.05, 0.1) is 22.4 Å². The van der Waals surface area contributed by atoms with Gasteiger partial charge < -0.3 is 5.32 Å². The van der Waals surface area contributed by atoms with Crippen molar-refractivity contribution < 1.29 is 18.9 Å². The molecular weight excluding hydrogens is 377 g/mol. The third-order valence-corrected chi connectivity index (χ3v) is 5.65. The number of amides is 2. The minimum atomic E-state index is -0.560. The average Bonchev–Trinajstić information content (AvgIpc) is 2.97. The zero-order valence-corrected chi connectivity index (χ0v) is 15.6. The summed E-state index contributed by atoms with van der Waals surface area (Å²) in [6, 6.07) is 10.2. The van der Waals surface area contributed by atoms with Crippen molar-refractivity contribution in [1.29, 1.82) is 0 Å². The summed E-state index contributed by atoms with van der Waals surface area (Å²) in [6.07, 6.45) is 3.19. The Balaban J connectivity index is 1.60. The fourth-order valence-electron chi connectivity index (χ4n) is 4.22. The molecule has 2 aromatic carbocycles. The number of nitro groups is 1. The molecule has 1 saturated carbocycles. The Hall–Kier alpha value is -3.29. The van der Waals surface area contributed by atoms with Gasteiger partial charge in [-0.05, 0) is 42.7 Å². The van der Waals surface area contributed by atoms with Crippen LogP contribution in [-0.4, -0.2) is 16.7 Å². The number of benzene rings is 2. The highest BCUT2D eigenvalue weighted by molar-refractivity contribution is 6.22. The van der Waals surface area contributed by atoms with Crippen LogP contribution < -0.4 is 10.2 Å². The molecule has 150 valence electrons. The number of rotatable bonds is 5. The lowest BCUT2D eigenvalue weighted by Gasteiger charge is -2.19. The molecule has 1 N–H and O–H groups in total. The van der Waals surface area contributed by atoms with Crippen molar-refractivity contribution >= 4 is 28.9 Å². The van der Waals surface area contributed by atoms with Crippen LogP contribution in [0.5, 0.6) is 0 Å². The first kappa shape index (κ1) is 19.0. The maximum absolute atomic E-state index is 13.3. The number of fused-ring (bicyclic) bond motifs is 1. The summed E-state index contributed by atoms with van der Waals surface area (Å²) in [5.74, 6) is -1.56. The molecule has 0 bridgehead atoms. The van der Waals surface area contributed by atoms with Gasteiger partial charge in [0.15, 0.2) is 0 Å². The largest absolute Gasteiger partial charge is 0.375 e. The van der Waals surface area contributed by atoms with Gasteiger partial charge in [0.25, 0.3) is 5.69 Å². The molecule has 1 aliphatic heterocycles. The summed E-state index contributed by atoms with van der Waals surface area (Å²) >= 11 is 0. The molecule has 2 amide bonds. The number of nitrogens with one attached hydrogen (secondary N) is 1. The third-order valence-electron chi connectivity index (χ3n) is 5.65. The van der Waals surface area contributed by atoms with Crippen molar-refractivity contribution in [3.8, 4) is 0 Å². The molecule has 29 heavy (non-hydrogen) atoms. The van der Waals surface area contributed by atoms with Gasteiger partial charge in [-0.2, -0.15) is 0 Å². The Morgan fingerprint density at radius 3 is 2.38 bits per heavy atom. The summed E-state index contributed by atoms with van der Waals surface area (Å²) in [6.45, 7) is 0.198. The molecule has 0 spiro atoms. The Morgan fingerprint density at radius 2 is 1.76 bits per heavy atom. The zero-order chi connectivity index (χ0) is 20.5. The molecular formula is C21H20FN3O4. The fraction of sp³-hybridized carbons (Fsp3) is 0.333. The lowest BCUT2D eigenvalue weighted by molar-refractivity contribution is -0.383. The maximum Gasteiger partial charge on any atom is 0.294 e. The number of anilines is 2. The minimum absolute atomic E-state index is 0.198. The summed E-state index contributed by atoms with van der Waals surface area (Å²) in [7, 11) is 0. The third kappa shape index (κ3) is 3.57. The smallest absolute Gasteiger partial charge is 0.294 e. The van der Waals surface area contributed by atoms with E-state index in [9.17, 15) is 24.1 Å². The van der Waals surface area contributed by atoms with Crippen LogP contribution in [0.25, 0.3) is 0 Å². The molecule has 1 heterocycles. The topological polar surface area (TPSA) is 92.6 Å². The quantitative estimate of drug-likeness (QED) is 0.467. The first-order valence-corrected chi connectivity index (χ1v) is 9.60. The van der Waals surface area contributed by atoms with Crippen LogP contribution in [0.2, 0.25) is 0 Å². The van der Waals surface area contributed by atoms with E-state index in [1.54, 1.807) is 12.1 Å². The van der Waals surface area contributed by atoms with Crippen molar-refractivity contribution in [2.24, 2.45) is 11.8 Å². The Labute approximate surface area is 166 Å². The fourth-order valence-corrected chi connectivity index (χ4v) is 4.22. The van der Waals surface area contributed by atoms with Crippen LogP contribution in [0.3, 0.4) is 0 Å². The van der Waals surface area contributed by atoms with Crippen LogP contribution in [0.15, 0.2) is 42.5 Å². The number of halogens is 1. The molecule has 0 radical (unpaired) electrons. The number of carbonyl (C=O) groups is 2. The molecule has 2 aliphatic rings. The standard InChI is InChI=1S/C21H20FN3O4/c22-14-5-3-4-13(10-14)12-23-18-9-8-15(11-19(18)25(28)29)24-20(26)16-6-1-2-7-17(16)21(24)27/h3-5,8-11,16-17,23H,1-2,6-7,12H2/t16-,17+. The maximum atomic E-state index is 13.3. The minimum Gasteiger partial charge on any atom is -0.375 e. The highest BCUT2D eigenvalue weighted by Crippen LogP contribution is 2.41. The SMILES string of the molecule is O=C1[C@H]2CCCC[C@H]2C(=O)N1c1ccc(NCc2cccc(F)c2)c([N+](=O)[O-])c1. The molecule has 2 aromatic rings. The van der Waals surface area contributed by atoms with Gasteiger partial charge in [0.2, 0.25) is 11.8 Å². The Kier molecular flexibility index (Phi) is 5.00. The number of carbonyl (C=O) groups excluding carboxylic acids is 2. The van der Waals surface area contributed by atoms with E-state index >= 15 is 0 Å². The van der Waals surface area contributed by atoms with Crippen LogP contribution >= 0.6 is 0 Å². The number of hydrogen-bond acceptors (Lipinski definition) is 5. The van der Waals surface area contributed by atoms with Gasteiger partial charge in [-0.3, -0.25) is 19.7 Å². The summed E-state index contributed by atoms with van der Waals surface area (Å²) in [5.41, 5.74) is 0.851. The normalized spacial score (nSPS) is 21.2. The van der Waals surface area contributed by atoms with Crippen molar-refractivity contribution in [2.75, 3.05) is 10.2 Å². The molecule has 7 nitrogen and oxygen atoms in total. The van der Waals surface area contributed by atoms with E-state index in [2.05, 4.69) is 5.32 Å². The van der Waals surface area contributed by atoms with Gasteiger partial charge in [0, 0.05) is 12.6 Å². The van der Waals surface area contributed by atoms with Gasteiger partial charge in [-0.25, -0.2) is 9.29 Å². The predicted molar refractivity (Wildman–Crippen MR) is 105 cm³/mol. The van der Waals surface area contributed by atoms with Crippen LogP contribution in [-0.2, 0) is 16.1 Å². The second kappa shape index (κ2) is 7.62. The first-order valence-electron chi connectivity index (χ1n) is 9.60. The van der Waals surface area contributed by atoms with Crippen LogP contribution in [0.1, 0.15) is 31.2 Å². The molecule has 0 unspecified atom stereocenters. The Bertz CT molecular complexity index is 970. The van der Waals surface area contributed by atoms with Gasteiger partial charge in [0.1, 0.15) is 11.5 Å². The molecule has 2 fully saturated rings. The van der Waals surface area contributed by atoms with Crippen LogP contribution in [0, 0.1) is 27.8 Å². The summed E-state index contributed by atoms with van der Waals surface area (Å²) in [4.78, 5) is 37.6. The predicted octanol–water partition coefficient (Wildman–Crippen LogP) is 4.03. The molecule has 0 aromatic heterocycles. The first-order chi connectivity index (χ1) is 14.0.